The highest BCUT2D eigenvalue weighted by molar-refractivity contribution is 5.94. The van der Waals surface area contributed by atoms with E-state index in [1.807, 2.05) is 47.5 Å². The molecule has 2 saturated heterocycles. The second kappa shape index (κ2) is 9.39. The van der Waals surface area contributed by atoms with Crippen molar-refractivity contribution in [2.75, 3.05) is 49.1 Å². The monoisotopic (exact) mass is 427 g/mol. The van der Waals surface area contributed by atoms with Gasteiger partial charge in [-0.3, -0.25) is 4.79 Å². The molecule has 32 heavy (non-hydrogen) atoms. The van der Waals surface area contributed by atoms with Gasteiger partial charge in [0.15, 0.2) is 0 Å². The maximum Gasteiger partial charge on any atom is 0.253 e. The summed E-state index contributed by atoms with van der Waals surface area (Å²) in [6, 6.07) is 22.3. The Bertz CT molecular complexity index is 1030. The lowest BCUT2D eigenvalue weighted by Gasteiger charge is -2.36. The number of nitrogens with zero attached hydrogens (tertiary/aromatic N) is 5. The number of benzene rings is 2. The largest absolute Gasteiger partial charge is 0.353 e. The third kappa shape index (κ3) is 4.44. The van der Waals surface area contributed by atoms with E-state index in [4.69, 9.17) is 4.98 Å². The van der Waals surface area contributed by atoms with Crippen LogP contribution in [0.25, 0.3) is 0 Å². The number of rotatable bonds is 4. The molecule has 0 atom stereocenters. The van der Waals surface area contributed by atoms with Crippen LogP contribution in [0.5, 0.6) is 0 Å². The van der Waals surface area contributed by atoms with Gasteiger partial charge in [0.25, 0.3) is 5.91 Å². The number of aromatic nitrogens is 2. The zero-order chi connectivity index (χ0) is 21.8. The van der Waals surface area contributed by atoms with Crippen LogP contribution in [0.2, 0.25) is 0 Å². The van der Waals surface area contributed by atoms with Crippen LogP contribution < -0.4 is 9.80 Å². The Morgan fingerprint density at radius 1 is 0.750 bits per heavy atom. The summed E-state index contributed by atoms with van der Waals surface area (Å²) in [6.45, 7) is 4.92. The van der Waals surface area contributed by atoms with E-state index in [1.54, 1.807) is 0 Å². The van der Waals surface area contributed by atoms with E-state index in [-0.39, 0.29) is 5.91 Å². The molecule has 2 aliphatic heterocycles. The fourth-order valence-corrected chi connectivity index (χ4v) is 4.71. The van der Waals surface area contributed by atoms with E-state index in [2.05, 4.69) is 45.1 Å². The second-order valence-corrected chi connectivity index (χ2v) is 8.53. The maximum atomic E-state index is 12.7. The summed E-state index contributed by atoms with van der Waals surface area (Å²) < 4.78 is 0. The number of hydrogen-bond donors (Lipinski definition) is 0. The number of carbonyl (C=O) groups is 1. The smallest absolute Gasteiger partial charge is 0.253 e. The molecule has 3 heterocycles. The number of hydrogen-bond acceptors (Lipinski definition) is 5. The Morgan fingerprint density at radius 3 is 2.09 bits per heavy atom. The van der Waals surface area contributed by atoms with Crippen molar-refractivity contribution >= 4 is 17.7 Å². The molecule has 6 nitrogen and oxygen atoms in total. The van der Waals surface area contributed by atoms with E-state index in [1.165, 1.54) is 5.56 Å². The van der Waals surface area contributed by atoms with Gasteiger partial charge >= 0.3 is 0 Å². The van der Waals surface area contributed by atoms with Gasteiger partial charge in [0.1, 0.15) is 5.82 Å². The molecule has 0 aliphatic carbocycles. The van der Waals surface area contributed by atoms with Crippen LogP contribution in [0.15, 0.2) is 72.9 Å². The van der Waals surface area contributed by atoms with Crippen molar-refractivity contribution < 1.29 is 4.79 Å². The van der Waals surface area contributed by atoms with Crippen molar-refractivity contribution in [1.82, 2.24) is 14.9 Å². The van der Waals surface area contributed by atoms with Gasteiger partial charge in [0.05, 0.1) is 0 Å². The van der Waals surface area contributed by atoms with Crippen LogP contribution in [-0.4, -0.2) is 60.0 Å². The first-order valence-electron chi connectivity index (χ1n) is 11.5. The Morgan fingerprint density at radius 2 is 1.41 bits per heavy atom. The van der Waals surface area contributed by atoms with Gasteiger partial charge in [0, 0.05) is 51.0 Å². The van der Waals surface area contributed by atoms with E-state index in [0.29, 0.717) is 19.0 Å². The van der Waals surface area contributed by atoms with Crippen molar-refractivity contribution in [3.8, 4) is 0 Å². The molecule has 1 amide bonds. The minimum atomic E-state index is 0.106. The average molecular weight is 428 g/mol. The Balaban J connectivity index is 1.19. The molecular formula is C26H29N5O. The molecule has 6 heteroatoms. The number of piperidine rings is 1. The summed E-state index contributed by atoms with van der Waals surface area (Å²) in [5.41, 5.74) is 2.19. The van der Waals surface area contributed by atoms with E-state index in [9.17, 15) is 4.79 Å². The number of piperazine rings is 1. The molecule has 0 bridgehead atoms. The molecule has 0 unspecified atom stereocenters. The molecule has 1 aromatic heterocycles. The fourth-order valence-electron chi connectivity index (χ4n) is 4.71. The van der Waals surface area contributed by atoms with Crippen molar-refractivity contribution in [3.05, 3.63) is 84.1 Å². The number of amides is 1. The predicted octanol–water partition coefficient (Wildman–Crippen LogP) is 3.82. The van der Waals surface area contributed by atoms with Crippen LogP contribution in [-0.2, 0) is 0 Å². The first-order chi connectivity index (χ1) is 15.8. The highest BCUT2D eigenvalue weighted by atomic mass is 16.2. The third-order valence-electron chi connectivity index (χ3n) is 6.59. The molecule has 0 radical (unpaired) electrons. The van der Waals surface area contributed by atoms with Gasteiger partial charge in [-0.05, 0) is 42.5 Å². The fraction of sp³-hybridized carbons (Fsp3) is 0.346. The van der Waals surface area contributed by atoms with Crippen molar-refractivity contribution in [2.45, 2.75) is 18.8 Å². The molecular weight excluding hydrogens is 398 g/mol. The second-order valence-electron chi connectivity index (χ2n) is 8.53. The first kappa shape index (κ1) is 20.5. The van der Waals surface area contributed by atoms with Gasteiger partial charge in [-0.2, -0.15) is 4.98 Å². The summed E-state index contributed by atoms with van der Waals surface area (Å²) >= 11 is 0. The molecule has 5 rings (SSSR count). The van der Waals surface area contributed by atoms with Gasteiger partial charge in [0.2, 0.25) is 5.95 Å². The minimum absolute atomic E-state index is 0.106. The number of anilines is 2. The summed E-state index contributed by atoms with van der Waals surface area (Å²) in [6.07, 6.45) is 4.11. The Labute approximate surface area is 189 Å². The van der Waals surface area contributed by atoms with E-state index >= 15 is 0 Å². The molecule has 164 valence electrons. The van der Waals surface area contributed by atoms with Gasteiger partial charge < -0.3 is 14.7 Å². The molecule has 3 aromatic rings. The Hall–Kier alpha value is -3.41. The van der Waals surface area contributed by atoms with Crippen LogP contribution in [0.1, 0.15) is 34.7 Å². The van der Waals surface area contributed by atoms with Gasteiger partial charge in [-0.1, -0.05) is 48.5 Å². The lowest BCUT2D eigenvalue weighted by Crippen LogP contribution is -2.49. The zero-order valence-corrected chi connectivity index (χ0v) is 18.3. The molecule has 2 aromatic carbocycles. The zero-order valence-electron chi connectivity index (χ0n) is 18.3. The minimum Gasteiger partial charge on any atom is -0.353 e. The summed E-state index contributed by atoms with van der Waals surface area (Å²) in [7, 11) is 0. The lowest BCUT2D eigenvalue weighted by molar-refractivity contribution is 0.0746. The first-order valence-corrected chi connectivity index (χ1v) is 11.5. The maximum absolute atomic E-state index is 12.7. The van der Waals surface area contributed by atoms with Crippen LogP contribution >= 0.6 is 0 Å². The Kier molecular flexibility index (Phi) is 6.01. The molecule has 0 spiro atoms. The third-order valence-corrected chi connectivity index (χ3v) is 6.59. The van der Waals surface area contributed by atoms with E-state index in [0.717, 1.165) is 56.4 Å². The SMILES string of the molecule is O=C(c1ccccc1)N1CCN(c2ccnc(N3CCC(c4ccccc4)CC3)n2)CC1. The molecule has 0 N–H and O–H groups in total. The van der Waals surface area contributed by atoms with Crippen molar-refractivity contribution in [1.29, 1.82) is 0 Å². The van der Waals surface area contributed by atoms with Gasteiger partial charge in [-0.15, -0.1) is 0 Å². The van der Waals surface area contributed by atoms with Crippen LogP contribution in [0.3, 0.4) is 0 Å². The van der Waals surface area contributed by atoms with E-state index < -0.39 is 0 Å². The molecule has 0 saturated carbocycles. The summed E-state index contributed by atoms with van der Waals surface area (Å²) in [4.78, 5) is 28.7. The van der Waals surface area contributed by atoms with Gasteiger partial charge in [-0.25, -0.2) is 4.98 Å². The normalized spacial score (nSPS) is 17.4. The lowest BCUT2D eigenvalue weighted by atomic mass is 9.90. The summed E-state index contributed by atoms with van der Waals surface area (Å²) in [5.74, 6) is 2.49. The highest BCUT2D eigenvalue weighted by Crippen LogP contribution is 2.29. The topological polar surface area (TPSA) is 52.6 Å². The molecule has 2 fully saturated rings. The average Bonchev–Trinajstić information content (AvgIpc) is 2.89. The van der Waals surface area contributed by atoms with Crippen LogP contribution in [0.4, 0.5) is 11.8 Å². The van der Waals surface area contributed by atoms with Crippen molar-refractivity contribution in [3.63, 3.8) is 0 Å². The van der Waals surface area contributed by atoms with Crippen molar-refractivity contribution in [2.24, 2.45) is 0 Å². The predicted molar refractivity (Wildman–Crippen MR) is 127 cm³/mol. The quantitative estimate of drug-likeness (QED) is 0.634. The van der Waals surface area contributed by atoms with Crippen LogP contribution in [0, 0.1) is 0 Å². The standard InChI is InChI=1S/C26H29N5O/c32-25(23-9-5-2-6-10-23)30-19-17-29(18-20-30)24-11-14-27-26(28-24)31-15-12-22(13-16-31)21-7-3-1-4-8-21/h1-11,14,22H,12-13,15-20H2. The number of carbonyl (C=O) groups excluding carboxylic acids is 1. The molecule has 2 aliphatic rings. The summed E-state index contributed by atoms with van der Waals surface area (Å²) in [5, 5.41) is 0. The highest BCUT2D eigenvalue weighted by Gasteiger charge is 2.25.